The molecule has 2 heterocycles. The highest BCUT2D eigenvalue weighted by Gasteiger charge is 2.36. The van der Waals surface area contributed by atoms with Crippen LogP contribution in [0.15, 0.2) is 46.8 Å². The predicted molar refractivity (Wildman–Crippen MR) is 152 cm³/mol. The van der Waals surface area contributed by atoms with Gasteiger partial charge in [-0.25, -0.2) is 14.4 Å². The van der Waals surface area contributed by atoms with Crippen LogP contribution >= 0.6 is 0 Å². The van der Waals surface area contributed by atoms with Gasteiger partial charge in [-0.1, -0.05) is 26.0 Å². The number of carboxylic acids is 2. The van der Waals surface area contributed by atoms with Crippen LogP contribution in [0.2, 0.25) is 0 Å². The van der Waals surface area contributed by atoms with E-state index >= 15 is 0 Å². The maximum Gasteiger partial charge on any atom is 0.334 e. The normalized spacial score (nSPS) is 17.4. The first-order valence-electron chi connectivity index (χ1n) is 13.8. The lowest BCUT2D eigenvalue weighted by Crippen LogP contribution is -2.43. The van der Waals surface area contributed by atoms with Crippen molar-refractivity contribution in [2.45, 2.75) is 65.3 Å². The van der Waals surface area contributed by atoms with Crippen molar-refractivity contribution in [1.29, 1.82) is 0 Å². The third kappa shape index (κ3) is 8.56. The van der Waals surface area contributed by atoms with Crippen LogP contribution in [0.4, 0.5) is 10.5 Å². The van der Waals surface area contributed by atoms with Crippen molar-refractivity contribution < 1.29 is 24.6 Å². The molecule has 6 N–H and O–H groups in total. The van der Waals surface area contributed by atoms with E-state index < -0.39 is 17.9 Å². The second-order valence-electron chi connectivity index (χ2n) is 10.9. The summed E-state index contributed by atoms with van der Waals surface area (Å²) in [6.45, 7) is 12.4. The topological polar surface area (TPSA) is 143 Å². The molecule has 0 radical (unpaired) electrons. The molecule has 1 fully saturated rings. The molecular formula is C29H43N5O5. The summed E-state index contributed by atoms with van der Waals surface area (Å²) in [5, 5.41) is 31.8. The van der Waals surface area contributed by atoms with Crippen molar-refractivity contribution in [1.82, 2.24) is 20.9 Å². The number of rotatable bonds is 12. The van der Waals surface area contributed by atoms with Gasteiger partial charge in [0.15, 0.2) is 0 Å². The van der Waals surface area contributed by atoms with Crippen LogP contribution < -0.4 is 21.3 Å². The summed E-state index contributed by atoms with van der Waals surface area (Å²) in [4.78, 5) is 39.0. The molecule has 0 aliphatic carbocycles. The third-order valence-corrected chi connectivity index (χ3v) is 7.38. The molecule has 2 aliphatic rings. The van der Waals surface area contributed by atoms with Crippen LogP contribution in [0.1, 0.15) is 64.9 Å². The number of hydrogen-bond acceptors (Lipinski definition) is 6. The number of dihydropyridines is 1. The summed E-state index contributed by atoms with van der Waals surface area (Å²) in [5.74, 6) is -2.64. The van der Waals surface area contributed by atoms with E-state index in [1.165, 1.54) is 6.42 Å². The van der Waals surface area contributed by atoms with Gasteiger partial charge < -0.3 is 36.4 Å². The average molecular weight is 542 g/mol. The lowest BCUT2D eigenvalue weighted by atomic mass is 9.80. The molecule has 0 spiro atoms. The number of allylic oxidation sites excluding steroid dienone is 2. The minimum absolute atomic E-state index is 0.0324. The smallest absolute Gasteiger partial charge is 0.334 e. The van der Waals surface area contributed by atoms with Gasteiger partial charge in [-0.05, 0) is 89.3 Å². The molecule has 2 aliphatic heterocycles. The molecule has 0 bridgehead atoms. The molecule has 1 saturated heterocycles. The first kappa shape index (κ1) is 30.2. The number of aliphatic carboxylic acids is 2. The number of carbonyl (C=O) groups is 3. The van der Waals surface area contributed by atoms with E-state index in [0.29, 0.717) is 35.2 Å². The number of nitrogens with zero attached hydrogens (tertiary/aromatic N) is 1. The molecule has 1 aromatic rings. The van der Waals surface area contributed by atoms with Gasteiger partial charge in [0.2, 0.25) is 0 Å². The van der Waals surface area contributed by atoms with Crippen molar-refractivity contribution in [2.24, 2.45) is 5.92 Å². The highest BCUT2D eigenvalue weighted by atomic mass is 16.4. The number of likely N-dealkylation sites (tertiary alicyclic amines) is 1. The van der Waals surface area contributed by atoms with E-state index in [2.05, 4.69) is 40.0 Å². The van der Waals surface area contributed by atoms with Gasteiger partial charge in [0.1, 0.15) is 0 Å². The van der Waals surface area contributed by atoms with E-state index in [1.807, 2.05) is 0 Å². The summed E-state index contributed by atoms with van der Waals surface area (Å²) in [6.07, 6.45) is 4.34. The number of piperidine rings is 1. The van der Waals surface area contributed by atoms with E-state index in [4.69, 9.17) is 0 Å². The Morgan fingerprint density at radius 1 is 1.03 bits per heavy atom. The largest absolute Gasteiger partial charge is 0.478 e. The molecule has 0 aromatic heterocycles. The van der Waals surface area contributed by atoms with Gasteiger partial charge in [0.25, 0.3) is 0 Å². The molecule has 10 heteroatoms. The zero-order chi connectivity index (χ0) is 28.5. The molecule has 0 unspecified atom stereocenters. The summed E-state index contributed by atoms with van der Waals surface area (Å²) < 4.78 is 0. The Hall–Kier alpha value is -3.37. The number of anilines is 1. The fraction of sp³-hybridized carbons (Fsp3) is 0.552. The van der Waals surface area contributed by atoms with Gasteiger partial charge >= 0.3 is 18.0 Å². The Morgan fingerprint density at radius 3 is 2.26 bits per heavy atom. The second-order valence-corrected chi connectivity index (χ2v) is 10.9. The minimum atomic E-state index is -1.20. The molecule has 0 saturated carbocycles. The molecule has 10 nitrogen and oxygen atoms in total. The van der Waals surface area contributed by atoms with Crippen molar-refractivity contribution >= 4 is 23.7 Å². The van der Waals surface area contributed by atoms with Crippen molar-refractivity contribution in [2.75, 3.05) is 38.0 Å². The van der Waals surface area contributed by atoms with Gasteiger partial charge in [-0.2, -0.15) is 0 Å². The van der Waals surface area contributed by atoms with E-state index in [9.17, 15) is 24.6 Å². The van der Waals surface area contributed by atoms with Crippen molar-refractivity contribution in [3.05, 3.63) is 52.4 Å². The Kier molecular flexibility index (Phi) is 10.9. The van der Waals surface area contributed by atoms with Crippen LogP contribution in [0.5, 0.6) is 0 Å². The standard InChI is InChI=1S/C29H43N5O5/c1-18(2)9-13-30-22-10-15-34(16-11-22)14-6-12-31-29(39)33-23-8-5-7-21(17-23)26-24(27(35)36)19(3)32-20(4)25(26)28(37)38/h5,7-8,17-18,22,26,30,32H,6,9-16H2,1-4H3,(H,35,36)(H,37,38)(H2,31,33,39). The highest BCUT2D eigenvalue weighted by Crippen LogP contribution is 2.38. The second kappa shape index (κ2) is 14.1. The monoisotopic (exact) mass is 541 g/mol. The lowest BCUT2D eigenvalue weighted by molar-refractivity contribution is -0.133. The maximum atomic E-state index is 12.5. The van der Waals surface area contributed by atoms with Crippen molar-refractivity contribution in [3.63, 3.8) is 0 Å². The molecule has 2 amide bonds. The fourth-order valence-electron chi connectivity index (χ4n) is 5.31. The zero-order valence-corrected chi connectivity index (χ0v) is 23.5. The van der Waals surface area contributed by atoms with Crippen LogP contribution in [0, 0.1) is 5.92 Å². The zero-order valence-electron chi connectivity index (χ0n) is 23.5. The lowest BCUT2D eigenvalue weighted by Gasteiger charge is -2.32. The van der Waals surface area contributed by atoms with Crippen LogP contribution in [-0.2, 0) is 9.59 Å². The van der Waals surface area contributed by atoms with E-state index in [0.717, 1.165) is 51.4 Å². The number of amides is 2. The van der Waals surface area contributed by atoms with Gasteiger partial charge in [0, 0.05) is 29.7 Å². The Balaban J connectivity index is 1.50. The molecule has 1 aromatic carbocycles. The Bertz CT molecular complexity index is 1070. The maximum absolute atomic E-state index is 12.5. The van der Waals surface area contributed by atoms with Gasteiger partial charge in [-0.15, -0.1) is 0 Å². The molecule has 39 heavy (non-hydrogen) atoms. The van der Waals surface area contributed by atoms with E-state index in [-0.39, 0.29) is 17.2 Å². The third-order valence-electron chi connectivity index (χ3n) is 7.38. The van der Waals surface area contributed by atoms with Crippen LogP contribution in [0.3, 0.4) is 0 Å². The molecular weight excluding hydrogens is 498 g/mol. The quantitative estimate of drug-likeness (QED) is 0.220. The summed E-state index contributed by atoms with van der Waals surface area (Å²) in [7, 11) is 0. The first-order chi connectivity index (χ1) is 18.6. The Morgan fingerprint density at radius 2 is 1.67 bits per heavy atom. The number of carbonyl (C=O) groups excluding carboxylic acids is 1. The Labute approximate surface area is 230 Å². The van der Waals surface area contributed by atoms with Gasteiger partial charge in [-0.3, -0.25) is 0 Å². The minimum Gasteiger partial charge on any atom is -0.478 e. The molecule has 3 rings (SSSR count). The number of urea groups is 1. The molecule has 214 valence electrons. The number of carboxylic acid groups (broad SMARTS) is 2. The predicted octanol–water partition coefficient (Wildman–Crippen LogP) is 3.70. The molecule has 0 atom stereocenters. The summed E-state index contributed by atoms with van der Waals surface area (Å²) in [6, 6.07) is 6.91. The summed E-state index contributed by atoms with van der Waals surface area (Å²) in [5.41, 5.74) is 1.64. The van der Waals surface area contributed by atoms with Crippen molar-refractivity contribution in [3.8, 4) is 0 Å². The fourth-order valence-corrected chi connectivity index (χ4v) is 5.31. The number of hydrogen-bond donors (Lipinski definition) is 6. The van der Waals surface area contributed by atoms with Crippen LogP contribution in [0.25, 0.3) is 0 Å². The number of benzene rings is 1. The summed E-state index contributed by atoms with van der Waals surface area (Å²) >= 11 is 0. The van der Waals surface area contributed by atoms with Crippen LogP contribution in [-0.4, -0.2) is 71.8 Å². The SMILES string of the molecule is CC1=C(C(=O)O)C(c2cccc(NC(=O)NCCCN3CCC(NCCC(C)C)CC3)c2)C(C(=O)O)=C(C)N1. The van der Waals surface area contributed by atoms with Gasteiger partial charge in [0.05, 0.1) is 17.1 Å². The average Bonchev–Trinajstić information content (AvgIpc) is 2.86. The first-order valence-corrected chi connectivity index (χ1v) is 13.8. The highest BCUT2D eigenvalue weighted by molar-refractivity contribution is 5.98. The number of nitrogens with one attached hydrogen (secondary N) is 4. The van der Waals surface area contributed by atoms with E-state index in [1.54, 1.807) is 38.1 Å².